The summed E-state index contributed by atoms with van der Waals surface area (Å²) in [6.45, 7) is -0.544. The zero-order valence-corrected chi connectivity index (χ0v) is 18.5. The van der Waals surface area contributed by atoms with Crippen molar-refractivity contribution < 1.29 is 23.9 Å². The highest BCUT2D eigenvalue weighted by molar-refractivity contribution is 6.30. The fourth-order valence-corrected chi connectivity index (χ4v) is 4.34. The molecule has 1 fully saturated rings. The zero-order valence-electron chi connectivity index (χ0n) is 17.8. The fourth-order valence-electron chi connectivity index (χ4n) is 4.21. The highest BCUT2D eigenvalue weighted by atomic mass is 35.5. The van der Waals surface area contributed by atoms with Gasteiger partial charge in [0.25, 0.3) is 5.91 Å². The maximum absolute atomic E-state index is 13.1. The Labute approximate surface area is 196 Å². The smallest absolute Gasteiger partial charge is 0.330 e. The summed E-state index contributed by atoms with van der Waals surface area (Å²) in [4.78, 5) is 52.5. The lowest BCUT2D eigenvalue weighted by molar-refractivity contribution is -0.159. The molecule has 0 bridgehead atoms. The summed E-state index contributed by atoms with van der Waals surface area (Å²) in [5.41, 5.74) is 1.28. The van der Waals surface area contributed by atoms with Crippen LogP contribution in [0.5, 0.6) is 0 Å². The normalized spacial score (nSPS) is 20.3. The van der Waals surface area contributed by atoms with E-state index in [4.69, 9.17) is 16.3 Å². The Bertz CT molecular complexity index is 1060. The molecule has 0 aromatic heterocycles. The van der Waals surface area contributed by atoms with Gasteiger partial charge in [-0.3, -0.25) is 19.3 Å². The van der Waals surface area contributed by atoms with Gasteiger partial charge < -0.3 is 10.1 Å². The molecular weight excluding hydrogens is 444 g/mol. The molecule has 1 aliphatic carbocycles. The standard InChI is InChI=1S/C25H23ClN2O5/c26-17-10-12-18(13-11-17)27-22(29)15-33-25(32)21(14-16-6-2-1-3-7-16)28-23(30)19-8-4-5-9-20(19)24(28)31/h1-7,10-13,19-21H,8-9,14-15H2,(H,27,29)/t19-,20+,21-/m0/s1. The number of ether oxygens (including phenoxy) is 1. The second-order valence-corrected chi connectivity index (χ2v) is 8.51. The number of esters is 1. The molecule has 1 aliphatic heterocycles. The van der Waals surface area contributed by atoms with E-state index >= 15 is 0 Å². The van der Waals surface area contributed by atoms with Gasteiger partial charge in [-0.1, -0.05) is 54.1 Å². The minimum absolute atomic E-state index is 0.114. The number of nitrogens with zero attached hydrogens (tertiary/aromatic N) is 1. The maximum atomic E-state index is 13.1. The van der Waals surface area contributed by atoms with Crippen LogP contribution in [0.3, 0.4) is 0 Å². The van der Waals surface area contributed by atoms with Crippen molar-refractivity contribution in [2.45, 2.75) is 25.3 Å². The van der Waals surface area contributed by atoms with Crippen molar-refractivity contribution in [2.24, 2.45) is 11.8 Å². The Morgan fingerprint density at radius 3 is 2.18 bits per heavy atom. The van der Waals surface area contributed by atoms with Crippen molar-refractivity contribution in [1.82, 2.24) is 4.90 Å². The number of nitrogens with one attached hydrogen (secondary N) is 1. The third-order valence-corrected chi connectivity index (χ3v) is 6.12. The lowest BCUT2D eigenvalue weighted by atomic mass is 9.85. The Morgan fingerprint density at radius 2 is 1.58 bits per heavy atom. The third-order valence-electron chi connectivity index (χ3n) is 5.87. The van der Waals surface area contributed by atoms with Crippen molar-refractivity contribution in [3.63, 3.8) is 0 Å². The van der Waals surface area contributed by atoms with Crippen molar-refractivity contribution in [2.75, 3.05) is 11.9 Å². The molecule has 3 atom stereocenters. The molecule has 1 N–H and O–H groups in total. The highest BCUT2D eigenvalue weighted by Crippen LogP contribution is 2.36. The molecule has 0 spiro atoms. The molecule has 0 saturated carbocycles. The molecule has 1 saturated heterocycles. The topological polar surface area (TPSA) is 92.8 Å². The Kier molecular flexibility index (Phi) is 6.89. The van der Waals surface area contributed by atoms with E-state index in [1.165, 1.54) is 0 Å². The van der Waals surface area contributed by atoms with Crippen LogP contribution in [-0.4, -0.2) is 41.2 Å². The largest absolute Gasteiger partial charge is 0.454 e. The van der Waals surface area contributed by atoms with Crippen LogP contribution < -0.4 is 5.32 Å². The van der Waals surface area contributed by atoms with E-state index in [0.29, 0.717) is 23.6 Å². The average molecular weight is 467 g/mol. The predicted octanol–water partition coefficient (Wildman–Crippen LogP) is 3.38. The number of imide groups is 1. The summed E-state index contributed by atoms with van der Waals surface area (Å²) >= 11 is 5.84. The molecule has 170 valence electrons. The number of likely N-dealkylation sites (tertiary alicyclic amines) is 1. The van der Waals surface area contributed by atoms with Gasteiger partial charge in [0.1, 0.15) is 6.04 Å². The van der Waals surface area contributed by atoms with Gasteiger partial charge in [0.05, 0.1) is 11.8 Å². The van der Waals surface area contributed by atoms with E-state index in [2.05, 4.69) is 5.32 Å². The number of hydrogen-bond donors (Lipinski definition) is 1. The number of benzene rings is 2. The Balaban J connectivity index is 1.48. The quantitative estimate of drug-likeness (QED) is 0.383. The summed E-state index contributed by atoms with van der Waals surface area (Å²) in [5, 5.41) is 3.14. The van der Waals surface area contributed by atoms with Gasteiger partial charge in [0.15, 0.2) is 6.61 Å². The highest BCUT2D eigenvalue weighted by Gasteiger charge is 2.51. The first kappa shape index (κ1) is 22.7. The minimum Gasteiger partial charge on any atom is -0.454 e. The van der Waals surface area contributed by atoms with Crippen molar-refractivity contribution >= 4 is 41.0 Å². The van der Waals surface area contributed by atoms with Crippen LogP contribution in [0.25, 0.3) is 0 Å². The van der Waals surface area contributed by atoms with Crippen LogP contribution in [0.4, 0.5) is 5.69 Å². The number of amides is 3. The molecule has 2 aromatic rings. The predicted molar refractivity (Wildman–Crippen MR) is 122 cm³/mol. The van der Waals surface area contributed by atoms with E-state index in [9.17, 15) is 19.2 Å². The molecular formula is C25H23ClN2O5. The van der Waals surface area contributed by atoms with Gasteiger partial charge in [-0.15, -0.1) is 0 Å². The first-order chi connectivity index (χ1) is 15.9. The average Bonchev–Trinajstić information content (AvgIpc) is 3.08. The molecule has 4 rings (SSSR count). The summed E-state index contributed by atoms with van der Waals surface area (Å²) in [5.74, 6) is -2.97. The number of anilines is 1. The number of fused-ring (bicyclic) bond motifs is 1. The van der Waals surface area contributed by atoms with Gasteiger partial charge in [-0.05, 0) is 42.7 Å². The number of halogens is 1. The molecule has 2 aromatic carbocycles. The van der Waals surface area contributed by atoms with Gasteiger partial charge in [0, 0.05) is 17.1 Å². The van der Waals surface area contributed by atoms with Crippen molar-refractivity contribution in [3.8, 4) is 0 Å². The molecule has 7 nitrogen and oxygen atoms in total. The zero-order chi connectivity index (χ0) is 23.4. The Hall–Kier alpha value is -3.45. The van der Waals surface area contributed by atoms with Crippen LogP contribution in [0.15, 0.2) is 66.7 Å². The lowest BCUT2D eigenvalue weighted by Crippen LogP contribution is -2.48. The number of carbonyl (C=O) groups is 4. The molecule has 1 heterocycles. The lowest BCUT2D eigenvalue weighted by Gasteiger charge is -2.25. The van der Waals surface area contributed by atoms with Gasteiger partial charge in [-0.25, -0.2) is 4.79 Å². The van der Waals surface area contributed by atoms with E-state index in [-0.39, 0.29) is 18.2 Å². The van der Waals surface area contributed by atoms with Gasteiger partial charge in [-0.2, -0.15) is 0 Å². The molecule has 33 heavy (non-hydrogen) atoms. The molecule has 0 unspecified atom stereocenters. The van der Waals surface area contributed by atoms with Crippen LogP contribution in [0.1, 0.15) is 18.4 Å². The monoisotopic (exact) mass is 466 g/mol. The van der Waals surface area contributed by atoms with E-state index < -0.39 is 36.4 Å². The van der Waals surface area contributed by atoms with Crippen LogP contribution in [0, 0.1) is 11.8 Å². The number of allylic oxidation sites excluding steroid dienone is 2. The van der Waals surface area contributed by atoms with E-state index in [1.54, 1.807) is 24.3 Å². The minimum atomic E-state index is -1.14. The van der Waals surface area contributed by atoms with Crippen LogP contribution >= 0.6 is 11.6 Å². The first-order valence-electron chi connectivity index (χ1n) is 10.7. The summed E-state index contributed by atoms with van der Waals surface area (Å²) in [6.07, 6.45) is 4.84. The summed E-state index contributed by atoms with van der Waals surface area (Å²) in [6, 6.07) is 14.4. The fraction of sp³-hybridized carbons (Fsp3) is 0.280. The number of hydrogen-bond acceptors (Lipinski definition) is 5. The SMILES string of the molecule is O=C(COC(=O)[C@H](Cc1ccccc1)N1C(=O)[C@H]2CC=CC[C@H]2C1=O)Nc1ccc(Cl)cc1. The number of carbonyl (C=O) groups excluding carboxylic acids is 4. The van der Waals surface area contributed by atoms with Gasteiger partial charge >= 0.3 is 5.97 Å². The number of rotatable bonds is 7. The maximum Gasteiger partial charge on any atom is 0.330 e. The van der Waals surface area contributed by atoms with E-state index in [1.807, 2.05) is 42.5 Å². The first-order valence-corrected chi connectivity index (χ1v) is 11.1. The van der Waals surface area contributed by atoms with Crippen LogP contribution in [0.2, 0.25) is 5.02 Å². The van der Waals surface area contributed by atoms with Crippen molar-refractivity contribution in [1.29, 1.82) is 0 Å². The van der Waals surface area contributed by atoms with Gasteiger partial charge in [0.2, 0.25) is 11.8 Å². The van der Waals surface area contributed by atoms with E-state index in [0.717, 1.165) is 10.5 Å². The molecule has 8 heteroatoms. The second-order valence-electron chi connectivity index (χ2n) is 8.07. The summed E-state index contributed by atoms with van der Waals surface area (Å²) in [7, 11) is 0. The molecule has 0 radical (unpaired) electrons. The van der Waals surface area contributed by atoms with Crippen molar-refractivity contribution in [3.05, 3.63) is 77.3 Å². The molecule has 2 aliphatic rings. The third kappa shape index (κ3) is 5.14. The van der Waals surface area contributed by atoms with Crippen LogP contribution in [-0.2, 0) is 30.3 Å². The molecule has 3 amide bonds. The Morgan fingerprint density at radius 1 is 0.970 bits per heavy atom. The summed E-state index contributed by atoms with van der Waals surface area (Å²) < 4.78 is 5.26. The second kappa shape index (κ2) is 10.0.